The molecule has 0 bridgehead atoms. The first-order valence-electron chi connectivity index (χ1n) is 15.2. The molecule has 1 aliphatic rings. The van der Waals surface area contributed by atoms with E-state index in [2.05, 4.69) is 44.5 Å². The van der Waals surface area contributed by atoms with Gasteiger partial charge in [0.2, 0.25) is 5.91 Å². The van der Waals surface area contributed by atoms with E-state index in [4.69, 9.17) is 9.72 Å². The third kappa shape index (κ3) is 7.29. The topological polar surface area (TPSA) is 103 Å². The summed E-state index contributed by atoms with van der Waals surface area (Å²) in [5.41, 5.74) is 6.83. The number of amides is 1. The molecule has 0 aliphatic carbocycles. The second-order valence-corrected chi connectivity index (χ2v) is 11.5. The molecule has 8 nitrogen and oxygen atoms in total. The van der Waals surface area contributed by atoms with Gasteiger partial charge in [-0.25, -0.2) is 4.98 Å². The van der Waals surface area contributed by atoms with Gasteiger partial charge < -0.3 is 20.0 Å². The molecule has 2 aromatic carbocycles. The van der Waals surface area contributed by atoms with Crippen LogP contribution in [0, 0.1) is 6.92 Å². The number of benzene rings is 2. The van der Waals surface area contributed by atoms with Gasteiger partial charge in [0.15, 0.2) is 0 Å². The lowest BCUT2D eigenvalue weighted by atomic mass is 10.00. The number of imidazole rings is 1. The Morgan fingerprint density at radius 3 is 2.74 bits per heavy atom. The molecule has 1 atom stereocenters. The number of fused-ring (bicyclic) bond motifs is 2. The maximum absolute atomic E-state index is 13.5. The largest absolute Gasteiger partial charge is 0.497 e. The fourth-order valence-corrected chi connectivity index (χ4v) is 5.99. The van der Waals surface area contributed by atoms with Crippen molar-refractivity contribution in [1.82, 2.24) is 25.2 Å². The van der Waals surface area contributed by atoms with Crippen LogP contribution in [0.4, 0.5) is 0 Å². The first-order chi connectivity index (χ1) is 20.4. The highest BCUT2D eigenvalue weighted by molar-refractivity contribution is 5.91. The Hall–Kier alpha value is -3.91. The van der Waals surface area contributed by atoms with Crippen molar-refractivity contribution >= 4 is 22.6 Å². The predicted octanol–water partition coefficient (Wildman–Crippen LogP) is 6.10. The number of Topliss-reactive ketones (excluding diaryl/α,β-unsaturated/α-hetero) is 1. The van der Waals surface area contributed by atoms with Crippen LogP contribution in [0.25, 0.3) is 10.9 Å². The molecule has 0 saturated heterocycles. The summed E-state index contributed by atoms with van der Waals surface area (Å²) in [7, 11) is 1.65. The van der Waals surface area contributed by atoms with Crippen LogP contribution < -0.4 is 10.1 Å². The Bertz CT molecular complexity index is 1520. The summed E-state index contributed by atoms with van der Waals surface area (Å²) in [4.78, 5) is 39.3. The zero-order chi connectivity index (χ0) is 29.5. The quantitative estimate of drug-likeness (QED) is 0.159. The number of aryl methyl sites for hydroxylation is 1. The Balaban J connectivity index is 1.26. The van der Waals surface area contributed by atoms with Gasteiger partial charge in [-0.05, 0) is 61.1 Å². The lowest BCUT2D eigenvalue weighted by molar-refractivity contribution is -0.121. The summed E-state index contributed by atoms with van der Waals surface area (Å²) >= 11 is 0. The molecular weight excluding hydrogens is 526 g/mol. The molecule has 8 heteroatoms. The van der Waals surface area contributed by atoms with E-state index >= 15 is 0 Å². The van der Waals surface area contributed by atoms with E-state index in [1.54, 1.807) is 7.11 Å². The van der Waals surface area contributed by atoms with Gasteiger partial charge in [-0.3, -0.25) is 14.5 Å². The lowest BCUT2D eigenvalue weighted by Crippen LogP contribution is -2.31. The van der Waals surface area contributed by atoms with Crippen molar-refractivity contribution in [2.45, 2.75) is 84.3 Å². The number of nitrogens with one attached hydrogen (secondary N) is 3. The van der Waals surface area contributed by atoms with E-state index in [0.717, 1.165) is 91.2 Å². The maximum atomic E-state index is 13.5. The molecule has 5 rings (SSSR count). The molecule has 4 aromatic rings. The second-order valence-electron chi connectivity index (χ2n) is 11.5. The van der Waals surface area contributed by atoms with Gasteiger partial charge in [-0.2, -0.15) is 0 Å². The summed E-state index contributed by atoms with van der Waals surface area (Å²) in [6.45, 7) is 6.64. The van der Waals surface area contributed by atoms with Gasteiger partial charge in [-0.1, -0.05) is 44.0 Å². The number of rotatable bonds is 14. The van der Waals surface area contributed by atoms with Crippen molar-refractivity contribution in [3.05, 3.63) is 82.6 Å². The zero-order valence-electron chi connectivity index (χ0n) is 25.1. The van der Waals surface area contributed by atoms with Crippen LogP contribution in [-0.2, 0) is 35.5 Å². The predicted molar refractivity (Wildman–Crippen MR) is 165 cm³/mol. The van der Waals surface area contributed by atoms with Crippen LogP contribution >= 0.6 is 0 Å². The van der Waals surface area contributed by atoms with Gasteiger partial charge in [0.1, 0.15) is 17.4 Å². The monoisotopic (exact) mass is 569 g/mol. The van der Waals surface area contributed by atoms with Gasteiger partial charge in [0.25, 0.3) is 0 Å². The number of hydrogen-bond acceptors (Lipinski definition) is 5. The van der Waals surface area contributed by atoms with Crippen LogP contribution in [-0.4, -0.2) is 45.2 Å². The van der Waals surface area contributed by atoms with E-state index in [9.17, 15) is 9.59 Å². The fraction of sp³-hybridized carbons (Fsp3) is 0.441. The summed E-state index contributed by atoms with van der Waals surface area (Å²) < 4.78 is 5.42. The molecule has 0 saturated carbocycles. The minimum Gasteiger partial charge on any atom is -0.497 e. The highest BCUT2D eigenvalue weighted by atomic mass is 16.5. The molecule has 3 heterocycles. The SMILES string of the molecule is CCC(=O)CCCCCC(NC(=O)Cc1c(C)[nH]c2ccc(OC)cc12)c1ncc(CN2CCc3ccccc3C2)[nH]1. The normalized spacial score (nSPS) is 14.1. The average Bonchev–Trinajstić information content (AvgIpc) is 3.59. The smallest absolute Gasteiger partial charge is 0.225 e. The molecule has 1 aliphatic heterocycles. The number of unbranched alkanes of at least 4 members (excludes halogenated alkanes) is 2. The summed E-state index contributed by atoms with van der Waals surface area (Å²) in [6.07, 6.45) is 7.93. The Labute approximate surface area is 248 Å². The van der Waals surface area contributed by atoms with Crippen LogP contribution in [0.1, 0.15) is 85.4 Å². The van der Waals surface area contributed by atoms with Gasteiger partial charge in [0.05, 0.1) is 19.6 Å². The number of aromatic nitrogens is 3. The lowest BCUT2D eigenvalue weighted by Gasteiger charge is -2.28. The maximum Gasteiger partial charge on any atom is 0.225 e. The third-order valence-corrected chi connectivity index (χ3v) is 8.42. The van der Waals surface area contributed by atoms with Crippen molar-refractivity contribution in [2.75, 3.05) is 13.7 Å². The molecule has 3 N–H and O–H groups in total. The Morgan fingerprint density at radius 1 is 1.10 bits per heavy atom. The third-order valence-electron chi connectivity index (χ3n) is 8.42. The van der Waals surface area contributed by atoms with Gasteiger partial charge in [-0.15, -0.1) is 0 Å². The molecule has 42 heavy (non-hydrogen) atoms. The van der Waals surface area contributed by atoms with Crippen LogP contribution in [0.3, 0.4) is 0 Å². The van der Waals surface area contributed by atoms with Gasteiger partial charge >= 0.3 is 0 Å². The molecule has 2 aromatic heterocycles. The van der Waals surface area contributed by atoms with Crippen LogP contribution in [0.5, 0.6) is 5.75 Å². The van der Waals surface area contributed by atoms with E-state index in [-0.39, 0.29) is 18.4 Å². The number of aromatic amines is 2. The number of hydrogen-bond donors (Lipinski definition) is 3. The Kier molecular flexibility index (Phi) is 9.74. The highest BCUT2D eigenvalue weighted by Crippen LogP contribution is 2.28. The number of methoxy groups -OCH3 is 1. The molecule has 1 amide bonds. The highest BCUT2D eigenvalue weighted by Gasteiger charge is 2.22. The number of ketones is 1. The minimum atomic E-state index is -0.227. The van der Waals surface area contributed by atoms with Crippen molar-refractivity contribution in [2.24, 2.45) is 0 Å². The molecule has 0 spiro atoms. The average molecular weight is 570 g/mol. The molecular formula is C34H43N5O3. The van der Waals surface area contributed by atoms with Crippen molar-refractivity contribution in [1.29, 1.82) is 0 Å². The van der Waals surface area contributed by atoms with Crippen LogP contribution in [0.15, 0.2) is 48.7 Å². The van der Waals surface area contributed by atoms with Crippen molar-refractivity contribution < 1.29 is 14.3 Å². The summed E-state index contributed by atoms with van der Waals surface area (Å²) in [6, 6.07) is 14.3. The van der Waals surface area contributed by atoms with E-state index < -0.39 is 0 Å². The summed E-state index contributed by atoms with van der Waals surface area (Å²) in [5.74, 6) is 1.82. The van der Waals surface area contributed by atoms with E-state index in [1.165, 1.54) is 11.1 Å². The number of nitrogens with zero attached hydrogens (tertiary/aromatic N) is 2. The molecule has 0 radical (unpaired) electrons. The van der Waals surface area contributed by atoms with Gasteiger partial charge in [0, 0.05) is 61.0 Å². The molecule has 0 fully saturated rings. The number of carbonyl (C=O) groups is 2. The first-order valence-corrected chi connectivity index (χ1v) is 15.2. The van der Waals surface area contributed by atoms with Crippen molar-refractivity contribution in [3.63, 3.8) is 0 Å². The van der Waals surface area contributed by atoms with Crippen molar-refractivity contribution in [3.8, 4) is 5.75 Å². The molecule has 1 unspecified atom stereocenters. The van der Waals surface area contributed by atoms with E-state index in [0.29, 0.717) is 18.6 Å². The number of ether oxygens (including phenoxy) is 1. The number of carbonyl (C=O) groups excluding carboxylic acids is 2. The van der Waals surface area contributed by atoms with Crippen LogP contribution in [0.2, 0.25) is 0 Å². The second kappa shape index (κ2) is 13.8. The number of H-pyrrole nitrogens is 2. The first kappa shape index (κ1) is 29.6. The minimum absolute atomic E-state index is 0.0430. The fourth-order valence-electron chi connectivity index (χ4n) is 5.99. The zero-order valence-corrected chi connectivity index (χ0v) is 25.1. The van der Waals surface area contributed by atoms with E-state index in [1.807, 2.05) is 38.2 Å². The molecule has 222 valence electrons. The standard InChI is InChI=1S/C34H43N5O3/c1-4-27(40)12-6-5-7-13-32(38-33(41)19-29-23(2)36-31-15-14-28(42-3)18-30(29)31)34-35-20-26(37-34)22-39-17-16-24-10-8-9-11-25(24)21-39/h8-11,14-15,18,20,32,36H,4-7,12-13,16-17,19,21-22H2,1-3H3,(H,35,37)(H,38,41). The Morgan fingerprint density at radius 2 is 1.93 bits per heavy atom. The summed E-state index contributed by atoms with van der Waals surface area (Å²) in [5, 5.41) is 4.28.